The standard InChI is InChI=1S/C15H25N3O2/c1-3-18(11-13-5-4-8-20-13)14(9-16)12-6-7-15(19-2)17-10-12/h6-7,10,13-14H,3-5,8-9,11,16H2,1-2H3. The van der Waals surface area contributed by atoms with Gasteiger partial charge < -0.3 is 15.2 Å². The zero-order valence-corrected chi connectivity index (χ0v) is 12.4. The van der Waals surface area contributed by atoms with Crippen molar-refractivity contribution in [2.24, 2.45) is 5.73 Å². The van der Waals surface area contributed by atoms with E-state index in [1.165, 1.54) is 6.42 Å². The van der Waals surface area contributed by atoms with Crippen LogP contribution in [0.15, 0.2) is 18.3 Å². The summed E-state index contributed by atoms with van der Waals surface area (Å²) in [6.45, 7) is 5.51. The van der Waals surface area contributed by atoms with Gasteiger partial charge in [-0.3, -0.25) is 4.90 Å². The Morgan fingerprint density at radius 1 is 1.55 bits per heavy atom. The minimum atomic E-state index is 0.183. The maximum absolute atomic E-state index is 5.98. The van der Waals surface area contributed by atoms with Crippen LogP contribution >= 0.6 is 0 Å². The SMILES string of the molecule is CCN(CC1CCCO1)C(CN)c1ccc(OC)nc1. The number of nitrogens with zero attached hydrogens (tertiary/aromatic N) is 2. The van der Waals surface area contributed by atoms with E-state index in [1.807, 2.05) is 18.3 Å². The monoisotopic (exact) mass is 279 g/mol. The van der Waals surface area contributed by atoms with Crippen LogP contribution < -0.4 is 10.5 Å². The summed E-state index contributed by atoms with van der Waals surface area (Å²) in [5.41, 5.74) is 7.12. The Bertz CT molecular complexity index is 391. The molecule has 2 rings (SSSR count). The summed E-state index contributed by atoms with van der Waals surface area (Å²) in [4.78, 5) is 6.65. The van der Waals surface area contributed by atoms with Gasteiger partial charge in [-0.2, -0.15) is 0 Å². The Hall–Kier alpha value is -1.17. The second-order valence-electron chi connectivity index (χ2n) is 5.11. The Balaban J connectivity index is 2.06. The van der Waals surface area contributed by atoms with Crippen LogP contribution in [0.3, 0.4) is 0 Å². The quantitative estimate of drug-likeness (QED) is 0.821. The highest BCUT2D eigenvalue weighted by Gasteiger charge is 2.24. The maximum Gasteiger partial charge on any atom is 0.212 e. The van der Waals surface area contributed by atoms with Crippen molar-refractivity contribution < 1.29 is 9.47 Å². The van der Waals surface area contributed by atoms with Gasteiger partial charge >= 0.3 is 0 Å². The van der Waals surface area contributed by atoms with E-state index < -0.39 is 0 Å². The molecule has 20 heavy (non-hydrogen) atoms. The molecule has 0 amide bonds. The fraction of sp³-hybridized carbons (Fsp3) is 0.667. The lowest BCUT2D eigenvalue weighted by molar-refractivity contribution is 0.0601. The van der Waals surface area contributed by atoms with Crippen molar-refractivity contribution in [1.29, 1.82) is 0 Å². The van der Waals surface area contributed by atoms with Gasteiger partial charge in [-0.25, -0.2) is 4.98 Å². The number of aromatic nitrogens is 1. The second-order valence-corrected chi connectivity index (χ2v) is 5.11. The fourth-order valence-electron chi connectivity index (χ4n) is 2.73. The number of hydrogen-bond acceptors (Lipinski definition) is 5. The first kappa shape index (κ1) is 15.2. The predicted octanol–water partition coefficient (Wildman–Crippen LogP) is 1.59. The van der Waals surface area contributed by atoms with Crippen LogP contribution in [-0.2, 0) is 4.74 Å². The smallest absolute Gasteiger partial charge is 0.212 e. The molecule has 5 heteroatoms. The van der Waals surface area contributed by atoms with Crippen molar-refractivity contribution in [3.8, 4) is 5.88 Å². The van der Waals surface area contributed by atoms with E-state index in [-0.39, 0.29) is 6.04 Å². The fourth-order valence-corrected chi connectivity index (χ4v) is 2.73. The molecule has 1 aromatic heterocycles. The van der Waals surface area contributed by atoms with Crippen LogP contribution in [0.1, 0.15) is 31.4 Å². The zero-order chi connectivity index (χ0) is 14.4. The molecular weight excluding hydrogens is 254 g/mol. The summed E-state index contributed by atoms with van der Waals surface area (Å²) >= 11 is 0. The van der Waals surface area contributed by atoms with E-state index >= 15 is 0 Å². The van der Waals surface area contributed by atoms with Gasteiger partial charge in [-0.05, 0) is 24.9 Å². The number of methoxy groups -OCH3 is 1. The summed E-state index contributed by atoms with van der Waals surface area (Å²) in [5, 5.41) is 0. The molecule has 1 aromatic rings. The predicted molar refractivity (Wildman–Crippen MR) is 78.8 cm³/mol. The third-order valence-electron chi connectivity index (χ3n) is 3.89. The van der Waals surface area contributed by atoms with E-state index in [9.17, 15) is 0 Å². The van der Waals surface area contributed by atoms with Crippen molar-refractivity contribution in [3.63, 3.8) is 0 Å². The van der Waals surface area contributed by atoms with E-state index in [0.29, 0.717) is 18.5 Å². The molecule has 0 radical (unpaired) electrons. The first-order chi connectivity index (χ1) is 9.78. The van der Waals surface area contributed by atoms with E-state index in [0.717, 1.165) is 31.7 Å². The van der Waals surface area contributed by atoms with E-state index in [2.05, 4.69) is 16.8 Å². The summed E-state index contributed by atoms with van der Waals surface area (Å²) in [6, 6.07) is 4.11. The molecule has 2 unspecified atom stereocenters. The van der Waals surface area contributed by atoms with Crippen molar-refractivity contribution in [3.05, 3.63) is 23.9 Å². The van der Waals surface area contributed by atoms with Crippen LogP contribution in [-0.4, -0.2) is 49.3 Å². The van der Waals surface area contributed by atoms with Crippen LogP contribution in [0.4, 0.5) is 0 Å². The molecule has 5 nitrogen and oxygen atoms in total. The van der Waals surface area contributed by atoms with E-state index in [4.69, 9.17) is 15.2 Å². The third-order valence-corrected chi connectivity index (χ3v) is 3.89. The molecular formula is C15H25N3O2. The highest BCUT2D eigenvalue weighted by atomic mass is 16.5. The molecule has 2 atom stereocenters. The highest BCUT2D eigenvalue weighted by Crippen LogP contribution is 2.23. The van der Waals surface area contributed by atoms with Crippen molar-refractivity contribution >= 4 is 0 Å². The van der Waals surface area contributed by atoms with E-state index in [1.54, 1.807) is 7.11 Å². The minimum absolute atomic E-state index is 0.183. The van der Waals surface area contributed by atoms with Crippen LogP contribution in [0.2, 0.25) is 0 Å². The summed E-state index contributed by atoms with van der Waals surface area (Å²) in [7, 11) is 1.62. The first-order valence-corrected chi connectivity index (χ1v) is 7.34. The molecule has 0 spiro atoms. The zero-order valence-electron chi connectivity index (χ0n) is 12.4. The molecule has 0 aromatic carbocycles. The van der Waals surface area contributed by atoms with Gasteiger partial charge in [-0.1, -0.05) is 13.0 Å². The Kier molecular flexibility index (Phi) is 5.76. The minimum Gasteiger partial charge on any atom is -0.481 e. The molecule has 1 saturated heterocycles. The number of likely N-dealkylation sites (N-methyl/N-ethyl adjacent to an activating group) is 1. The van der Waals surface area contributed by atoms with Crippen LogP contribution in [0.25, 0.3) is 0 Å². The Labute approximate surface area is 121 Å². The first-order valence-electron chi connectivity index (χ1n) is 7.34. The van der Waals surface area contributed by atoms with Gasteiger partial charge in [-0.15, -0.1) is 0 Å². The molecule has 1 aliphatic heterocycles. The van der Waals surface area contributed by atoms with Gasteiger partial charge in [0.2, 0.25) is 5.88 Å². The Morgan fingerprint density at radius 3 is 2.90 bits per heavy atom. The number of hydrogen-bond donors (Lipinski definition) is 1. The lowest BCUT2D eigenvalue weighted by atomic mass is 10.1. The topological polar surface area (TPSA) is 60.6 Å². The average Bonchev–Trinajstić information content (AvgIpc) is 3.00. The number of ether oxygens (including phenoxy) is 2. The van der Waals surface area contributed by atoms with Gasteiger partial charge in [0.15, 0.2) is 0 Å². The number of pyridine rings is 1. The molecule has 0 bridgehead atoms. The van der Waals surface area contributed by atoms with Crippen LogP contribution in [0, 0.1) is 0 Å². The molecule has 2 N–H and O–H groups in total. The number of rotatable bonds is 7. The van der Waals surface area contributed by atoms with Gasteiger partial charge in [0.25, 0.3) is 0 Å². The highest BCUT2D eigenvalue weighted by molar-refractivity contribution is 5.21. The molecule has 112 valence electrons. The second kappa shape index (κ2) is 7.57. The summed E-state index contributed by atoms with van der Waals surface area (Å²) < 4.78 is 10.8. The molecule has 0 aliphatic carbocycles. The van der Waals surface area contributed by atoms with Crippen LogP contribution in [0.5, 0.6) is 5.88 Å². The normalized spacial score (nSPS) is 20.3. The summed E-state index contributed by atoms with van der Waals surface area (Å²) in [6.07, 6.45) is 4.51. The van der Waals surface area contributed by atoms with Gasteiger partial charge in [0.05, 0.1) is 13.2 Å². The van der Waals surface area contributed by atoms with Crippen molar-refractivity contribution in [2.45, 2.75) is 31.9 Å². The molecule has 0 saturated carbocycles. The maximum atomic E-state index is 5.98. The van der Waals surface area contributed by atoms with Gasteiger partial charge in [0, 0.05) is 38.0 Å². The van der Waals surface area contributed by atoms with Crippen molar-refractivity contribution in [2.75, 3.05) is 33.4 Å². The third kappa shape index (κ3) is 3.69. The summed E-state index contributed by atoms with van der Waals surface area (Å²) in [5.74, 6) is 0.631. The molecule has 1 fully saturated rings. The molecule has 1 aliphatic rings. The number of nitrogens with two attached hydrogens (primary N) is 1. The molecule has 2 heterocycles. The van der Waals surface area contributed by atoms with Gasteiger partial charge in [0.1, 0.15) is 0 Å². The lowest BCUT2D eigenvalue weighted by Gasteiger charge is -2.31. The Morgan fingerprint density at radius 2 is 2.40 bits per heavy atom. The largest absolute Gasteiger partial charge is 0.481 e. The lowest BCUT2D eigenvalue weighted by Crippen LogP contribution is -2.38. The average molecular weight is 279 g/mol. The van der Waals surface area contributed by atoms with Crippen molar-refractivity contribution in [1.82, 2.24) is 9.88 Å².